The van der Waals surface area contributed by atoms with Crippen molar-refractivity contribution in [1.29, 1.82) is 0 Å². The van der Waals surface area contributed by atoms with E-state index in [4.69, 9.17) is 44.3 Å². The van der Waals surface area contributed by atoms with Crippen LogP contribution in [-0.2, 0) is 11.2 Å². The second-order valence-electron chi connectivity index (χ2n) is 8.51. The van der Waals surface area contributed by atoms with Gasteiger partial charge in [0.15, 0.2) is 10.7 Å². The van der Waals surface area contributed by atoms with E-state index in [2.05, 4.69) is 22.5 Å². The molecule has 0 saturated carbocycles. The lowest BCUT2D eigenvalue weighted by molar-refractivity contribution is -0.115. The maximum Gasteiger partial charge on any atom is 0.250 e. The lowest BCUT2D eigenvalue weighted by Gasteiger charge is -2.09. The number of aryl methyl sites for hydroxylation is 1. The Hall–Kier alpha value is -4.11. The number of carbonyl (C=O) groups excluding carboxylic acids is 1. The molecule has 0 aliphatic carbocycles. The predicted octanol–water partition coefficient (Wildman–Crippen LogP) is 7.86. The SMILES string of the molecule is CCc1ccc2oc(-c3ccc(NC(=S)NC(=O)/C=C/c4ccc(-c5ccc(Cl)cc5Cl)o4)cc3O)nc2c1. The van der Waals surface area contributed by atoms with Gasteiger partial charge in [-0.05, 0) is 84.9 Å². The lowest BCUT2D eigenvalue weighted by atomic mass is 10.1. The number of phenolic OH excluding ortho intramolecular Hbond substituents is 1. The number of hydrogen-bond acceptors (Lipinski definition) is 6. The summed E-state index contributed by atoms with van der Waals surface area (Å²) in [5.41, 5.74) is 4.11. The Morgan fingerprint density at radius 2 is 1.85 bits per heavy atom. The van der Waals surface area contributed by atoms with Crippen molar-refractivity contribution < 1.29 is 18.7 Å². The van der Waals surface area contributed by atoms with E-state index in [1.165, 1.54) is 18.2 Å². The summed E-state index contributed by atoms with van der Waals surface area (Å²) >= 11 is 17.4. The fourth-order valence-electron chi connectivity index (χ4n) is 3.85. The number of oxazole rings is 1. The predicted molar refractivity (Wildman–Crippen MR) is 158 cm³/mol. The average molecular weight is 578 g/mol. The monoisotopic (exact) mass is 577 g/mol. The third kappa shape index (κ3) is 6.15. The van der Waals surface area contributed by atoms with Gasteiger partial charge in [0.05, 0.1) is 10.6 Å². The molecular weight excluding hydrogens is 557 g/mol. The van der Waals surface area contributed by atoms with Gasteiger partial charge in [0.25, 0.3) is 0 Å². The quantitative estimate of drug-likeness (QED) is 0.139. The minimum Gasteiger partial charge on any atom is -0.507 e. The van der Waals surface area contributed by atoms with Crippen LogP contribution in [0, 0.1) is 0 Å². The van der Waals surface area contributed by atoms with Gasteiger partial charge < -0.3 is 19.3 Å². The standard InChI is InChI=1S/C29H21Cl2N3O4S/c1-2-16-3-10-26-23(13-16)33-28(38-26)21-9-5-18(15-24(21)35)32-29(39)34-27(36)12-7-19-6-11-25(37-19)20-8-4-17(30)14-22(20)31/h3-15,35H,2H2,1H3,(H2,32,34,36,39)/b12-7+. The first-order valence-corrected chi connectivity index (χ1v) is 13.0. The minimum atomic E-state index is -0.464. The molecule has 0 spiro atoms. The molecule has 0 radical (unpaired) electrons. The van der Waals surface area contributed by atoms with Crippen molar-refractivity contribution in [3.63, 3.8) is 0 Å². The maximum absolute atomic E-state index is 12.3. The number of aromatic nitrogens is 1. The fraction of sp³-hybridized carbons (Fsp3) is 0.0690. The number of aromatic hydroxyl groups is 1. The summed E-state index contributed by atoms with van der Waals surface area (Å²) in [5.74, 6) is 0.790. The van der Waals surface area contributed by atoms with E-state index in [9.17, 15) is 9.90 Å². The molecule has 3 N–H and O–H groups in total. The van der Waals surface area contributed by atoms with Crippen LogP contribution in [0.25, 0.3) is 40.0 Å². The van der Waals surface area contributed by atoms with Crippen LogP contribution in [0.3, 0.4) is 0 Å². The molecule has 39 heavy (non-hydrogen) atoms. The summed E-state index contributed by atoms with van der Waals surface area (Å²) in [4.78, 5) is 16.8. The zero-order valence-electron chi connectivity index (χ0n) is 20.5. The van der Waals surface area contributed by atoms with Gasteiger partial charge in [-0.2, -0.15) is 0 Å². The number of furan rings is 1. The topological polar surface area (TPSA) is 101 Å². The molecule has 2 heterocycles. The normalized spacial score (nSPS) is 11.3. The molecule has 196 valence electrons. The number of nitrogens with zero attached hydrogens (tertiary/aromatic N) is 1. The third-order valence-corrected chi connectivity index (χ3v) is 6.56. The number of phenols is 1. The Balaban J connectivity index is 1.20. The van der Waals surface area contributed by atoms with Crippen LogP contribution in [0.15, 0.2) is 81.6 Å². The number of rotatable bonds is 6. The van der Waals surface area contributed by atoms with E-state index in [1.54, 1.807) is 42.5 Å². The summed E-state index contributed by atoms with van der Waals surface area (Å²) in [7, 11) is 0. The maximum atomic E-state index is 12.3. The number of benzene rings is 3. The van der Waals surface area contributed by atoms with Crippen LogP contribution in [0.2, 0.25) is 10.0 Å². The zero-order chi connectivity index (χ0) is 27.5. The van der Waals surface area contributed by atoms with E-state index in [0.717, 1.165) is 17.5 Å². The van der Waals surface area contributed by atoms with Gasteiger partial charge in [0, 0.05) is 28.4 Å². The van der Waals surface area contributed by atoms with Crippen molar-refractivity contribution in [3.05, 3.63) is 94.2 Å². The van der Waals surface area contributed by atoms with Crippen LogP contribution in [0.4, 0.5) is 5.69 Å². The van der Waals surface area contributed by atoms with Gasteiger partial charge in [-0.15, -0.1) is 0 Å². The van der Waals surface area contributed by atoms with Crippen molar-refractivity contribution in [2.75, 3.05) is 5.32 Å². The molecule has 0 bridgehead atoms. The van der Waals surface area contributed by atoms with Crippen molar-refractivity contribution in [2.45, 2.75) is 13.3 Å². The minimum absolute atomic E-state index is 0.0503. The molecule has 0 aliphatic heterocycles. The largest absolute Gasteiger partial charge is 0.507 e. The van der Waals surface area contributed by atoms with E-state index < -0.39 is 5.91 Å². The molecule has 2 aromatic heterocycles. The van der Waals surface area contributed by atoms with Crippen LogP contribution in [-0.4, -0.2) is 21.1 Å². The molecule has 5 aromatic rings. The van der Waals surface area contributed by atoms with Crippen LogP contribution >= 0.6 is 35.4 Å². The van der Waals surface area contributed by atoms with Gasteiger partial charge in [0.1, 0.15) is 22.8 Å². The van der Waals surface area contributed by atoms with E-state index >= 15 is 0 Å². The Morgan fingerprint density at radius 3 is 2.62 bits per heavy atom. The van der Waals surface area contributed by atoms with Gasteiger partial charge in [-0.25, -0.2) is 4.98 Å². The Bertz CT molecular complexity index is 1740. The third-order valence-electron chi connectivity index (χ3n) is 5.81. The Labute approximate surface area is 239 Å². The number of nitrogens with one attached hydrogen (secondary N) is 2. The molecule has 0 saturated heterocycles. The van der Waals surface area contributed by atoms with E-state index in [0.29, 0.717) is 49.9 Å². The highest BCUT2D eigenvalue weighted by Gasteiger charge is 2.14. The Kier molecular flexibility index (Phi) is 7.70. The Morgan fingerprint density at radius 1 is 1.03 bits per heavy atom. The number of thiocarbonyl (C=S) groups is 1. The summed E-state index contributed by atoms with van der Waals surface area (Å²) < 4.78 is 11.6. The lowest BCUT2D eigenvalue weighted by Crippen LogP contribution is -2.32. The first kappa shape index (κ1) is 26.5. The van der Waals surface area contributed by atoms with Crippen LogP contribution < -0.4 is 10.6 Å². The molecule has 0 fully saturated rings. The molecule has 10 heteroatoms. The fourth-order valence-corrected chi connectivity index (χ4v) is 4.57. The summed E-state index contributed by atoms with van der Waals surface area (Å²) in [6, 6.07) is 19.2. The highest BCUT2D eigenvalue weighted by molar-refractivity contribution is 7.80. The molecule has 7 nitrogen and oxygen atoms in total. The summed E-state index contributed by atoms with van der Waals surface area (Å²) in [6.45, 7) is 2.07. The number of carbonyl (C=O) groups is 1. The summed E-state index contributed by atoms with van der Waals surface area (Å²) in [5, 5.41) is 17.0. The second kappa shape index (κ2) is 11.3. The second-order valence-corrected chi connectivity index (χ2v) is 9.76. The van der Waals surface area contributed by atoms with Crippen molar-refractivity contribution >= 4 is 69.3 Å². The molecule has 0 atom stereocenters. The first-order valence-electron chi connectivity index (χ1n) is 11.9. The van der Waals surface area contributed by atoms with Gasteiger partial charge in [-0.1, -0.05) is 36.2 Å². The number of fused-ring (bicyclic) bond motifs is 1. The number of anilines is 1. The van der Waals surface area contributed by atoms with Gasteiger partial charge in [0.2, 0.25) is 11.8 Å². The van der Waals surface area contributed by atoms with Crippen molar-refractivity contribution in [1.82, 2.24) is 10.3 Å². The highest BCUT2D eigenvalue weighted by atomic mass is 35.5. The molecular formula is C29H21Cl2N3O4S. The zero-order valence-corrected chi connectivity index (χ0v) is 22.8. The molecule has 1 amide bonds. The molecule has 3 aromatic carbocycles. The van der Waals surface area contributed by atoms with Crippen molar-refractivity contribution in [2.24, 2.45) is 0 Å². The number of halogens is 2. The molecule has 0 unspecified atom stereocenters. The van der Waals surface area contributed by atoms with E-state index in [-0.39, 0.29) is 10.9 Å². The first-order chi connectivity index (χ1) is 18.8. The smallest absolute Gasteiger partial charge is 0.250 e. The molecule has 5 rings (SSSR count). The van der Waals surface area contributed by atoms with Gasteiger partial charge in [-0.3, -0.25) is 10.1 Å². The average Bonchev–Trinajstić information content (AvgIpc) is 3.54. The molecule has 0 aliphatic rings. The highest BCUT2D eigenvalue weighted by Crippen LogP contribution is 2.34. The van der Waals surface area contributed by atoms with E-state index in [1.807, 2.05) is 18.2 Å². The summed E-state index contributed by atoms with van der Waals surface area (Å²) in [6.07, 6.45) is 3.69. The van der Waals surface area contributed by atoms with Crippen molar-refractivity contribution in [3.8, 4) is 28.5 Å². The number of amides is 1. The van der Waals surface area contributed by atoms with Crippen LogP contribution in [0.5, 0.6) is 5.75 Å². The van der Waals surface area contributed by atoms with Gasteiger partial charge >= 0.3 is 0 Å². The van der Waals surface area contributed by atoms with Crippen LogP contribution in [0.1, 0.15) is 18.2 Å². The number of hydrogen-bond donors (Lipinski definition) is 3.